The Kier molecular flexibility index (Phi) is 3.58. The van der Waals surface area contributed by atoms with E-state index in [-0.39, 0.29) is 5.63 Å². The second-order valence-electron chi connectivity index (χ2n) is 4.88. The van der Waals surface area contributed by atoms with Crippen molar-refractivity contribution >= 4 is 33.6 Å². The number of para-hydroxylation sites is 1. The smallest absolute Gasteiger partial charge is 0.345 e. The number of hydrogen-bond donors (Lipinski definition) is 0. The summed E-state index contributed by atoms with van der Waals surface area (Å²) in [5.74, 6) is 6.27. The van der Waals surface area contributed by atoms with Crippen molar-refractivity contribution in [1.82, 2.24) is 0 Å². The lowest BCUT2D eigenvalue weighted by molar-refractivity contribution is 0.564. The standard InChI is InChI=1S/C19H10O2S2/c20-19-16(12-13-4-1-2-6-17(13)21-19)18-10-9-15(23-18)8-7-14-5-3-11-22-14/h1-6,9-12H. The van der Waals surface area contributed by atoms with E-state index < -0.39 is 0 Å². The Morgan fingerprint density at radius 1 is 0.913 bits per heavy atom. The zero-order valence-corrected chi connectivity index (χ0v) is 13.5. The van der Waals surface area contributed by atoms with Crippen molar-refractivity contribution in [1.29, 1.82) is 0 Å². The van der Waals surface area contributed by atoms with Gasteiger partial charge in [-0.05, 0) is 47.6 Å². The number of benzene rings is 1. The van der Waals surface area contributed by atoms with Gasteiger partial charge >= 0.3 is 5.63 Å². The lowest BCUT2D eigenvalue weighted by atomic mass is 10.1. The van der Waals surface area contributed by atoms with Crippen molar-refractivity contribution in [3.8, 4) is 22.3 Å². The maximum Gasteiger partial charge on any atom is 0.345 e. The van der Waals surface area contributed by atoms with Crippen LogP contribution in [-0.4, -0.2) is 0 Å². The Balaban J connectivity index is 1.74. The Morgan fingerprint density at radius 2 is 1.78 bits per heavy atom. The summed E-state index contributed by atoms with van der Waals surface area (Å²) in [6, 6.07) is 17.2. The molecule has 0 radical (unpaired) electrons. The minimum Gasteiger partial charge on any atom is -0.422 e. The van der Waals surface area contributed by atoms with E-state index in [1.165, 1.54) is 11.3 Å². The molecule has 0 spiro atoms. The second-order valence-corrected chi connectivity index (χ2v) is 6.91. The lowest BCUT2D eigenvalue weighted by Crippen LogP contribution is -2.01. The fourth-order valence-electron chi connectivity index (χ4n) is 2.26. The molecule has 0 aliphatic heterocycles. The predicted molar refractivity (Wildman–Crippen MR) is 96.1 cm³/mol. The molecule has 4 aromatic rings. The highest BCUT2D eigenvalue weighted by Crippen LogP contribution is 2.27. The molecule has 23 heavy (non-hydrogen) atoms. The summed E-state index contributed by atoms with van der Waals surface area (Å²) in [5, 5.41) is 2.92. The van der Waals surface area contributed by atoms with Crippen LogP contribution in [0.15, 0.2) is 69.2 Å². The molecule has 0 bridgehead atoms. The molecule has 0 aliphatic carbocycles. The van der Waals surface area contributed by atoms with Crippen molar-refractivity contribution in [3.05, 3.63) is 80.2 Å². The zero-order valence-electron chi connectivity index (χ0n) is 11.9. The normalized spacial score (nSPS) is 10.4. The third kappa shape index (κ3) is 2.85. The van der Waals surface area contributed by atoms with Crippen molar-refractivity contribution in [2.45, 2.75) is 0 Å². The van der Waals surface area contributed by atoms with Gasteiger partial charge in [-0.2, -0.15) is 0 Å². The predicted octanol–water partition coefficient (Wildman–Crippen LogP) is 4.98. The second kappa shape index (κ2) is 5.88. The van der Waals surface area contributed by atoms with Gasteiger partial charge in [0.1, 0.15) is 5.58 Å². The molecule has 3 aromatic heterocycles. The highest BCUT2D eigenvalue weighted by atomic mass is 32.1. The van der Waals surface area contributed by atoms with E-state index in [0.717, 1.165) is 20.0 Å². The summed E-state index contributed by atoms with van der Waals surface area (Å²) in [5.41, 5.74) is 0.872. The van der Waals surface area contributed by atoms with E-state index in [4.69, 9.17) is 4.42 Å². The summed E-state index contributed by atoms with van der Waals surface area (Å²) < 4.78 is 5.39. The molecule has 2 nitrogen and oxygen atoms in total. The number of hydrogen-bond acceptors (Lipinski definition) is 4. The van der Waals surface area contributed by atoms with Gasteiger partial charge in [0.05, 0.1) is 15.3 Å². The first kappa shape index (κ1) is 14.0. The van der Waals surface area contributed by atoms with Crippen LogP contribution in [0.5, 0.6) is 0 Å². The first-order chi connectivity index (χ1) is 11.3. The molecular weight excluding hydrogens is 324 g/mol. The van der Waals surface area contributed by atoms with Gasteiger partial charge in [0.2, 0.25) is 0 Å². The molecule has 0 aliphatic rings. The molecule has 0 amide bonds. The molecule has 4 rings (SSSR count). The third-order valence-electron chi connectivity index (χ3n) is 3.34. The van der Waals surface area contributed by atoms with Crippen LogP contribution in [0.2, 0.25) is 0 Å². The number of rotatable bonds is 1. The number of thiophene rings is 2. The van der Waals surface area contributed by atoms with Crippen molar-refractivity contribution in [3.63, 3.8) is 0 Å². The van der Waals surface area contributed by atoms with E-state index in [1.54, 1.807) is 17.4 Å². The molecule has 0 N–H and O–H groups in total. The van der Waals surface area contributed by atoms with Gasteiger partial charge in [0, 0.05) is 10.3 Å². The molecule has 0 atom stereocenters. The Morgan fingerprint density at radius 3 is 2.65 bits per heavy atom. The molecule has 4 heteroatoms. The average Bonchev–Trinajstić information content (AvgIpc) is 3.24. The van der Waals surface area contributed by atoms with Gasteiger partial charge in [0.25, 0.3) is 0 Å². The van der Waals surface area contributed by atoms with Crippen LogP contribution >= 0.6 is 22.7 Å². The Hall–Kier alpha value is -2.61. The maximum absolute atomic E-state index is 12.2. The molecular formula is C19H10O2S2. The van der Waals surface area contributed by atoms with Crippen LogP contribution in [0.25, 0.3) is 21.4 Å². The SMILES string of the molecule is O=c1oc2ccccc2cc1-c1ccc(C#Cc2cccs2)s1. The van der Waals surface area contributed by atoms with E-state index in [1.807, 2.05) is 53.9 Å². The van der Waals surface area contributed by atoms with Gasteiger partial charge in [0.15, 0.2) is 0 Å². The highest BCUT2D eigenvalue weighted by Gasteiger charge is 2.09. The fraction of sp³-hybridized carbons (Fsp3) is 0. The number of fused-ring (bicyclic) bond motifs is 1. The largest absolute Gasteiger partial charge is 0.422 e. The van der Waals surface area contributed by atoms with Crippen LogP contribution in [0.1, 0.15) is 9.75 Å². The summed E-state index contributed by atoms with van der Waals surface area (Å²) in [6.07, 6.45) is 0. The van der Waals surface area contributed by atoms with Gasteiger partial charge in [-0.15, -0.1) is 22.7 Å². The molecule has 110 valence electrons. The van der Waals surface area contributed by atoms with Crippen LogP contribution in [-0.2, 0) is 0 Å². The first-order valence-electron chi connectivity index (χ1n) is 6.98. The maximum atomic E-state index is 12.2. The van der Waals surface area contributed by atoms with Crippen LogP contribution in [0.4, 0.5) is 0 Å². The van der Waals surface area contributed by atoms with Crippen LogP contribution in [0.3, 0.4) is 0 Å². The van der Waals surface area contributed by atoms with Crippen LogP contribution < -0.4 is 5.63 Å². The van der Waals surface area contributed by atoms with E-state index in [0.29, 0.717) is 11.1 Å². The van der Waals surface area contributed by atoms with Crippen molar-refractivity contribution < 1.29 is 4.42 Å². The Labute approximate surface area is 140 Å². The molecule has 0 fully saturated rings. The van der Waals surface area contributed by atoms with E-state index in [2.05, 4.69) is 11.8 Å². The van der Waals surface area contributed by atoms with E-state index >= 15 is 0 Å². The van der Waals surface area contributed by atoms with E-state index in [9.17, 15) is 4.79 Å². The quantitative estimate of drug-likeness (QED) is 0.363. The van der Waals surface area contributed by atoms with Gasteiger partial charge < -0.3 is 4.42 Å². The topological polar surface area (TPSA) is 30.2 Å². The van der Waals surface area contributed by atoms with Crippen LogP contribution in [0, 0.1) is 11.8 Å². The molecule has 3 heterocycles. The minimum absolute atomic E-state index is 0.316. The molecule has 1 aromatic carbocycles. The monoisotopic (exact) mass is 334 g/mol. The first-order valence-corrected chi connectivity index (χ1v) is 8.68. The lowest BCUT2D eigenvalue weighted by Gasteiger charge is -1.99. The Bertz CT molecular complexity index is 1090. The summed E-state index contributed by atoms with van der Waals surface area (Å²) >= 11 is 3.12. The van der Waals surface area contributed by atoms with Gasteiger partial charge in [-0.25, -0.2) is 4.79 Å². The molecule has 0 unspecified atom stereocenters. The summed E-state index contributed by atoms with van der Waals surface area (Å²) in [7, 11) is 0. The summed E-state index contributed by atoms with van der Waals surface area (Å²) in [6.45, 7) is 0. The highest BCUT2D eigenvalue weighted by molar-refractivity contribution is 7.16. The molecule has 0 saturated carbocycles. The summed E-state index contributed by atoms with van der Waals surface area (Å²) in [4.78, 5) is 15.0. The van der Waals surface area contributed by atoms with Crippen molar-refractivity contribution in [2.24, 2.45) is 0 Å². The minimum atomic E-state index is -0.316. The third-order valence-corrected chi connectivity index (χ3v) is 5.16. The van der Waals surface area contributed by atoms with Gasteiger partial charge in [-0.1, -0.05) is 24.3 Å². The van der Waals surface area contributed by atoms with Gasteiger partial charge in [-0.3, -0.25) is 0 Å². The van der Waals surface area contributed by atoms with Crippen molar-refractivity contribution in [2.75, 3.05) is 0 Å². The molecule has 0 saturated heterocycles. The zero-order chi connectivity index (χ0) is 15.6. The average molecular weight is 334 g/mol. The fourth-order valence-corrected chi connectivity index (χ4v) is 3.69.